The zero-order valence-electron chi connectivity index (χ0n) is 12.9. The van der Waals surface area contributed by atoms with Crippen LogP contribution in [-0.4, -0.2) is 37.4 Å². The Morgan fingerprint density at radius 1 is 1.33 bits per heavy atom. The highest BCUT2D eigenvalue weighted by molar-refractivity contribution is 7.90. The molecule has 1 aromatic carbocycles. The molecule has 0 saturated heterocycles. The maximum absolute atomic E-state index is 12.6. The summed E-state index contributed by atoms with van der Waals surface area (Å²) in [6.45, 7) is 2.13. The summed E-state index contributed by atoms with van der Waals surface area (Å²) in [6.07, 6.45) is 4.99. The Labute approximate surface area is 145 Å². The first-order valence-electron chi connectivity index (χ1n) is 7.40. The van der Waals surface area contributed by atoms with E-state index in [-0.39, 0.29) is 35.7 Å². The zero-order chi connectivity index (χ0) is 17.3. The second-order valence-corrected chi connectivity index (χ2v) is 7.75. The van der Waals surface area contributed by atoms with Crippen molar-refractivity contribution in [2.24, 2.45) is 4.40 Å². The Kier molecular flexibility index (Phi) is 4.47. The SMILES string of the molecule is C[C@@H](NC(=O)C1=CC=CN2CCS(=O)(=O)N=C12)c1ccc(Cl)cc1. The fraction of sp³-hybridized carbons (Fsp3) is 0.250. The fourth-order valence-corrected chi connectivity index (χ4v) is 3.61. The number of carbonyl (C=O) groups is 1. The van der Waals surface area contributed by atoms with Gasteiger partial charge in [0, 0.05) is 17.8 Å². The molecule has 8 heteroatoms. The second-order valence-electron chi connectivity index (χ2n) is 5.56. The highest BCUT2D eigenvalue weighted by atomic mass is 35.5. The van der Waals surface area contributed by atoms with Crippen LogP contribution >= 0.6 is 11.6 Å². The Balaban J connectivity index is 1.81. The van der Waals surface area contributed by atoms with Crippen LogP contribution in [0.1, 0.15) is 18.5 Å². The molecular weight excluding hydrogens is 350 g/mol. The first kappa shape index (κ1) is 16.7. The quantitative estimate of drug-likeness (QED) is 0.888. The van der Waals surface area contributed by atoms with Crippen LogP contribution in [0.3, 0.4) is 0 Å². The minimum Gasteiger partial charge on any atom is -0.345 e. The highest BCUT2D eigenvalue weighted by Gasteiger charge is 2.30. The molecule has 1 atom stereocenters. The summed E-state index contributed by atoms with van der Waals surface area (Å²) < 4.78 is 27.2. The molecule has 0 radical (unpaired) electrons. The van der Waals surface area contributed by atoms with Gasteiger partial charge in [0.2, 0.25) is 0 Å². The summed E-state index contributed by atoms with van der Waals surface area (Å²) in [5.74, 6) is -0.260. The number of rotatable bonds is 3. The van der Waals surface area contributed by atoms with Gasteiger partial charge in [-0.25, -0.2) is 8.42 Å². The van der Waals surface area contributed by atoms with Crippen LogP contribution < -0.4 is 5.32 Å². The first-order valence-corrected chi connectivity index (χ1v) is 9.39. The standard InChI is InChI=1S/C16H16ClN3O3S/c1-11(12-4-6-13(17)7-5-12)18-16(21)14-3-2-8-20-9-10-24(22,23)19-15(14)20/h2-8,11H,9-10H2,1H3,(H,18,21)/t11-/m1/s1. The molecule has 126 valence electrons. The molecule has 6 nitrogen and oxygen atoms in total. The molecule has 1 N–H and O–H groups in total. The van der Waals surface area contributed by atoms with E-state index in [1.54, 1.807) is 35.4 Å². The third-order valence-electron chi connectivity index (χ3n) is 3.82. The second kappa shape index (κ2) is 6.41. The highest BCUT2D eigenvalue weighted by Crippen LogP contribution is 2.20. The molecular formula is C16H16ClN3O3S. The van der Waals surface area contributed by atoms with Crippen LogP contribution in [-0.2, 0) is 14.8 Å². The van der Waals surface area contributed by atoms with Gasteiger partial charge in [-0.1, -0.05) is 23.7 Å². The largest absolute Gasteiger partial charge is 0.345 e. The van der Waals surface area contributed by atoms with E-state index in [1.807, 2.05) is 19.1 Å². The van der Waals surface area contributed by atoms with Crippen molar-refractivity contribution in [1.29, 1.82) is 0 Å². The van der Waals surface area contributed by atoms with E-state index in [0.29, 0.717) is 5.02 Å². The lowest BCUT2D eigenvalue weighted by Crippen LogP contribution is -2.42. The molecule has 0 saturated carbocycles. The van der Waals surface area contributed by atoms with Crippen LogP contribution in [0.25, 0.3) is 0 Å². The van der Waals surface area contributed by atoms with E-state index in [2.05, 4.69) is 9.71 Å². The molecule has 2 aliphatic heterocycles. The molecule has 24 heavy (non-hydrogen) atoms. The summed E-state index contributed by atoms with van der Waals surface area (Å²) in [6, 6.07) is 6.91. The molecule has 0 spiro atoms. The summed E-state index contributed by atoms with van der Waals surface area (Å²) in [5, 5.41) is 3.48. The topological polar surface area (TPSA) is 78.8 Å². The normalized spacial score (nSPS) is 19.8. The van der Waals surface area contributed by atoms with E-state index in [1.165, 1.54) is 0 Å². The van der Waals surface area contributed by atoms with Gasteiger partial charge in [-0.05, 0) is 36.8 Å². The van der Waals surface area contributed by atoms with Crippen molar-refractivity contribution in [2.45, 2.75) is 13.0 Å². The molecule has 0 fully saturated rings. The molecule has 0 aromatic heterocycles. The third kappa shape index (κ3) is 3.52. The minimum absolute atomic E-state index is 0.0586. The van der Waals surface area contributed by atoms with Gasteiger partial charge < -0.3 is 10.2 Å². The maximum Gasteiger partial charge on any atom is 0.256 e. The summed E-state index contributed by atoms with van der Waals surface area (Å²) >= 11 is 5.86. The number of allylic oxidation sites excluding steroid dienone is 2. The predicted octanol–water partition coefficient (Wildman–Crippen LogP) is 2.01. The number of fused-ring (bicyclic) bond motifs is 1. The number of nitrogens with zero attached hydrogens (tertiary/aromatic N) is 2. The summed E-state index contributed by atoms with van der Waals surface area (Å²) in [4.78, 5) is 14.2. The van der Waals surface area contributed by atoms with Crippen molar-refractivity contribution in [3.05, 3.63) is 58.8 Å². The maximum atomic E-state index is 12.6. The Morgan fingerprint density at radius 2 is 2.04 bits per heavy atom. The van der Waals surface area contributed by atoms with Crippen molar-refractivity contribution in [1.82, 2.24) is 10.2 Å². The van der Waals surface area contributed by atoms with Gasteiger partial charge in [0.1, 0.15) is 0 Å². The average molecular weight is 366 g/mol. The number of amides is 1. The van der Waals surface area contributed by atoms with Crippen molar-refractivity contribution in [3.63, 3.8) is 0 Å². The number of nitrogens with one attached hydrogen (secondary N) is 1. The molecule has 0 unspecified atom stereocenters. The van der Waals surface area contributed by atoms with Crippen LogP contribution in [0.15, 0.2) is 52.6 Å². The van der Waals surface area contributed by atoms with E-state index in [9.17, 15) is 13.2 Å². The number of benzene rings is 1. The van der Waals surface area contributed by atoms with Crippen molar-refractivity contribution in [3.8, 4) is 0 Å². The molecule has 2 heterocycles. The molecule has 1 amide bonds. The van der Waals surface area contributed by atoms with Gasteiger partial charge in [-0.2, -0.15) is 0 Å². The van der Waals surface area contributed by atoms with Crippen LogP contribution in [0.2, 0.25) is 5.02 Å². The van der Waals surface area contributed by atoms with Crippen molar-refractivity contribution >= 4 is 33.4 Å². The van der Waals surface area contributed by atoms with E-state index in [0.717, 1.165) is 5.56 Å². The van der Waals surface area contributed by atoms with Crippen molar-refractivity contribution in [2.75, 3.05) is 12.3 Å². The van der Waals surface area contributed by atoms with E-state index >= 15 is 0 Å². The molecule has 3 rings (SSSR count). The van der Waals surface area contributed by atoms with E-state index in [4.69, 9.17) is 11.6 Å². The van der Waals surface area contributed by atoms with Gasteiger partial charge in [0.25, 0.3) is 15.9 Å². The average Bonchev–Trinajstić information content (AvgIpc) is 2.54. The smallest absolute Gasteiger partial charge is 0.256 e. The Hall–Kier alpha value is -2.12. The van der Waals surface area contributed by atoms with Crippen LogP contribution in [0, 0.1) is 0 Å². The van der Waals surface area contributed by atoms with Crippen LogP contribution in [0.5, 0.6) is 0 Å². The Morgan fingerprint density at radius 3 is 2.75 bits per heavy atom. The zero-order valence-corrected chi connectivity index (χ0v) is 14.5. The number of sulfonamides is 1. The first-order chi connectivity index (χ1) is 11.4. The number of halogens is 1. The number of hydrogen-bond donors (Lipinski definition) is 1. The number of carbonyl (C=O) groups excluding carboxylic acids is 1. The molecule has 0 aliphatic carbocycles. The van der Waals surface area contributed by atoms with E-state index < -0.39 is 10.0 Å². The molecule has 2 aliphatic rings. The fourth-order valence-electron chi connectivity index (χ4n) is 2.50. The lowest BCUT2D eigenvalue weighted by atomic mass is 10.1. The third-order valence-corrected chi connectivity index (χ3v) is 5.22. The monoisotopic (exact) mass is 365 g/mol. The molecule has 1 aromatic rings. The number of amidine groups is 1. The Bertz CT molecular complexity index is 857. The summed E-state index contributed by atoms with van der Waals surface area (Å²) in [7, 11) is -3.53. The van der Waals surface area contributed by atoms with Gasteiger partial charge in [0.05, 0.1) is 17.4 Å². The number of hydrogen-bond acceptors (Lipinski definition) is 4. The molecule has 0 bridgehead atoms. The lowest BCUT2D eigenvalue weighted by Gasteiger charge is -2.29. The minimum atomic E-state index is -3.53. The van der Waals surface area contributed by atoms with Gasteiger partial charge in [-0.3, -0.25) is 4.79 Å². The van der Waals surface area contributed by atoms with Crippen molar-refractivity contribution < 1.29 is 13.2 Å². The summed E-state index contributed by atoms with van der Waals surface area (Å²) in [5.41, 5.74) is 1.14. The lowest BCUT2D eigenvalue weighted by molar-refractivity contribution is -0.117. The van der Waals surface area contributed by atoms with Gasteiger partial charge in [0.15, 0.2) is 5.84 Å². The van der Waals surface area contributed by atoms with Crippen LogP contribution in [0.4, 0.5) is 0 Å². The predicted molar refractivity (Wildman–Crippen MR) is 93.2 cm³/mol. The van der Waals surface area contributed by atoms with Gasteiger partial charge >= 0.3 is 0 Å². The van der Waals surface area contributed by atoms with Gasteiger partial charge in [-0.15, -0.1) is 4.40 Å².